The Morgan fingerprint density at radius 2 is 1.68 bits per heavy atom. The van der Waals surface area contributed by atoms with Crippen LogP contribution in [0.3, 0.4) is 0 Å². The minimum absolute atomic E-state index is 0.134. The molecule has 0 bridgehead atoms. The van der Waals surface area contributed by atoms with Crippen LogP contribution >= 0.6 is 11.8 Å². The number of halogens is 4. The molecule has 4 nitrogen and oxygen atoms in total. The lowest BCUT2D eigenvalue weighted by atomic mass is 9.77. The molecule has 1 aliphatic heterocycles. The molecule has 0 N–H and O–H groups in total. The van der Waals surface area contributed by atoms with Gasteiger partial charge in [0.25, 0.3) is 0 Å². The maximum absolute atomic E-state index is 15.6. The second-order valence-corrected chi connectivity index (χ2v) is 10.5. The number of nitrogens with zero attached hydrogens (tertiary/aromatic N) is 2. The van der Waals surface area contributed by atoms with Gasteiger partial charge in [0.2, 0.25) is 11.8 Å². The van der Waals surface area contributed by atoms with Crippen molar-refractivity contribution >= 4 is 23.6 Å². The number of hydrogen-bond donors (Lipinski definition) is 0. The average molecular weight is 539 g/mol. The number of ether oxygens (including phenoxy) is 2. The van der Waals surface area contributed by atoms with E-state index < -0.39 is 29.0 Å². The van der Waals surface area contributed by atoms with Crippen molar-refractivity contribution in [3.05, 3.63) is 59.4 Å². The van der Waals surface area contributed by atoms with Crippen molar-refractivity contribution in [1.82, 2.24) is 0 Å². The Balaban J connectivity index is 1.98. The van der Waals surface area contributed by atoms with E-state index in [9.17, 15) is 13.2 Å². The van der Waals surface area contributed by atoms with Crippen LogP contribution in [0.5, 0.6) is 0 Å². The minimum atomic E-state index is -4.44. The standard InChI is InChI=1S/C28H34F4N2O2S/c1-7-22(27(6)26(36-9-3)33-24(17(4)5)25(34-27)35-8-2)21-14-13-20(16-23(21)29)37-19-12-10-11-18(15-19)28(30,31)32/h10-17,22,24H,7-9H2,1-6H3/t22?,24-,27+/m0/s1. The molecule has 0 saturated carbocycles. The van der Waals surface area contributed by atoms with Crippen LogP contribution in [-0.4, -0.2) is 36.6 Å². The third-order valence-corrected chi connectivity index (χ3v) is 7.30. The Bertz CT molecular complexity index is 1150. The van der Waals surface area contributed by atoms with E-state index in [-0.39, 0.29) is 12.0 Å². The fourth-order valence-electron chi connectivity index (χ4n) is 4.55. The lowest BCUT2D eigenvalue weighted by molar-refractivity contribution is -0.137. The Kier molecular flexibility index (Phi) is 9.32. The van der Waals surface area contributed by atoms with E-state index in [1.165, 1.54) is 12.1 Å². The number of rotatable bonds is 8. The summed E-state index contributed by atoms with van der Waals surface area (Å²) in [5.41, 5.74) is -1.29. The second kappa shape index (κ2) is 11.9. The number of alkyl halides is 3. The zero-order valence-corrected chi connectivity index (χ0v) is 22.8. The largest absolute Gasteiger partial charge is 0.480 e. The third kappa shape index (κ3) is 6.48. The molecule has 9 heteroatoms. The van der Waals surface area contributed by atoms with Gasteiger partial charge in [-0.05, 0) is 69.0 Å². The molecule has 2 aromatic carbocycles. The summed E-state index contributed by atoms with van der Waals surface area (Å²) in [6.45, 7) is 12.5. The molecular weight excluding hydrogens is 504 g/mol. The van der Waals surface area contributed by atoms with E-state index in [4.69, 9.17) is 19.5 Å². The second-order valence-electron chi connectivity index (χ2n) is 9.36. The summed E-state index contributed by atoms with van der Waals surface area (Å²) in [7, 11) is 0. The molecule has 0 radical (unpaired) electrons. The van der Waals surface area contributed by atoms with Crippen molar-refractivity contribution in [2.45, 2.75) is 81.4 Å². The van der Waals surface area contributed by atoms with Crippen LogP contribution in [0, 0.1) is 11.7 Å². The van der Waals surface area contributed by atoms with E-state index in [0.29, 0.717) is 46.8 Å². The Labute approximate surface area is 220 Å². The average Bonchev–Trinajstić information content (AvgIpc) is 2.82. The normalized spacial score (nSPS) is 20.9. The van der Waals surface area contributed by atoms with Crippen LogP contribution < -0.4 is 0 Å². The number of hydrogen-bond acceptors (Lipinski definition) is 5. The first-order valence-corrected chi connectivity index (χ1v) is 13.3. The van der Waals surface area contributed by atoms with E-state index in [1.807, 2.05) is 41.5 Å². The van der Waals surface area contributed by atoms with E-state index >= 15 is 4.39 Å². The van der Waals surface area contributed by atoms with Crippen LogP contribution in [0.25, 0.3) is 0 Å². The molecular formula is C28H34F4N2O2S. The highest BCUT2D eigenvalue weighted by atomic mass is 32.2. The first kappa shape index (κ1) is 29.0. The predicted molar refractivity (Wildman–Crippen MR) is 140 cm³/mol. The molecule has 1 unspecified atom stereocenters. The minimum Gasteiger partial charge on any atom is -0.480 e. The maximum Gasteiger partial charge on any atom is 0.416 e. The van der Waals surface area contributed by atoms with Gasteiger partial charge in [0, 0.05) is 15.7 Å². The Hall–Kier alpha value is -2.55. The van der Waals surface area contributed by atoms with Gasteiger partial charge < -0.3 is 9.47 Å². The topological polar surface area (TPSA) is 43.2 Å². The predicted octanol–water partition coefficient (Wildman–Crippen LogP) is 8.16. The lowest BCUT2D eigenvalue weighted by Crippen LogP contribution is -2.49. The van der Waals surface area contributed by atoms with Gasteiger partial charge in [-0.3, -0.25) is 0 Å². The molecule has 1 heterocycles. The molecule has 0 aromatic heterocycles. The monoisotopic (exact) mass is 538 g/mol. The molecule has 3 rings (SSSR count). The molecule has 0 amide bonds. The Morgan fingerprint density at radius 3 is 2.24 bits per heavy atom. The molecule has 0 fully saturated rings. The molecule has 0 saturated heterocycles. The first-order chi connectivity index (χ1) is 17.4. The van der Waals surface area contributed by atoms with Crippen LogP contribution in [0.4, 0.5) is 17.6 Å². The first-order valence-electron chi connectivity index (χ1n) is 12.5. The SMILES string of the molecule is CCOC1=N[C@](C)(C(CC)c2ccc(Sc3cccc(C(F)(F)F)c3)cc2F)C(OCC)=N[C@H]1C(C)C. The van der Waals surface area contributed by atoms with Gasteiger partial charge in [0.15, 0.2) is 0 Å². The molecule has 0 spiro atoms. The fourth-order valence-corrected chi connectivity index (χ4v) is 5.45. The summed E-state index contributed by atoms with van der Waals surface area (Å²) in [6, 6.07) is 9.47. The summed E-state index contributed by atoms with van der Waals surface area (Å²) in [4.78, 5) is 10.7. The molecule has 2 aromatic rings. The number of benzene rings is 2. The van der Waals surface area contributed by atoms with Gasteiger partial charge in [0.05, 0.1) is 18.8 Å². The van der Waals surface area contributed by atoms with Crippen molar-refractivity contribution in [2.75, 3.05) is 13.2 Å². The van der Waals surface area contributed by atoms with Crippen LogP contribution in [0.2, 0.25) is 0 Å². The van der Waals surface area contributed by atoms with Crippen molar-refractivity contribution < 1.29 is 27.0 Å². The molecule has 0 aliphatic carbocycles. The van der Waals surface area contributed by atoms with Crippen LogP contribution in [0.1, 0.15) is 65.0 Å². The zero-order valence-electron chi connectivity index (χ0n) is 22.0. The summed E-state index contributed by atoms with van der Waals surface area (Å²) in [6.07, 6.45) is -3.89. The van der Waals surface area contributed by atoms with E-state index in [1.54, 1.807) is 18.2 Å². The van der Waals surface area contributed by atoms with Gasteiger partial charge in [-0.25, -0.2) is 14.4 Å². The fraction of sp³-hybridized carbons (Fsp3) is 0.500. The number of aliphatic imine (C=N–C) groups is 2. The van der Waals surface area contributed by atoms with E-state index in [2.05, 4.69) is 0 Å². The molecule has 37 heavy (non-hydrogen) atoms. The van der Waals surface area contributed by atoms with E-state index in [0.717, 1.165) is 23.9 Å². The molecule has 202 valence electrons. The molecule has 1 aliphatic rings. The summed E-state index contributed by atoms with van der Waals surface area (Å²) in [5.74, 6) is 0.230. The van der Waals surface area contributed by atoms with Crippen molar-refractivity contribution in [2.24, 2.45) is 15.9 Å². The van der Waals surface area contributed by atoms with Gasteiger partial charge in [0.1, 0.15) is 17.4 Å². The van der Waals surface area contributed by atoms with Gasteiger partial charge >= 0.3 is 6.18 Å². The van der Waals surface area contributed by atoms with Crippen molar-refractivity contribution in [1.29, 1.82) is 0 Å². The molecule has 3 atom stereocenters. The summed E-state index contributed by atoms with van der Waals surface area (Å²) in [5, 5.41) is 0. The van der Waals surface area contributed by atoms with Crippen LogP contribution in [-0.2, 0) is 15.7 Å². The third-order valence-electron chi connectivity index (χ3n) is 6.32. The smallest absolute Gasteiger partial charge is 0.416 e. The van der Waals surface area contributed by atoms with Gasteiger partial charge in [-0.15, -0.1) is 0 Å². The maximum atomic E-state index is 15.6. The highest BCUT2D eigenvalue weighted by Crippen LogP contribution is 2.42. The van der Waals surface area contributed by atoms with Gasteiger partial charge in [-0.1, -0.05) is 44.7 Å². The van der Waals surface area contributed by atoms with Crippen molar-refractivity contribution in [3.8, 4) is 0 Å². The highest BCUT2D eigenvalue weighted by molar-refractivity contribution is 7.99. The van der Waals surface area contributed by atoms with Crippen molar-refractivity contribution in [3.63, 3.8) is 0 Å². The quantitative estimate of drug-likeness (QED) is 0.319. The van der Waals surface area contributed by atoms with Crippen LogP contribution in [0.15, 0.2) is 62.2 Å². The summed E-state index contributed by atoms with van der Waals surface area (Å²) >= 11 is 1.08. The summed E-state index contributed by atoms with van der Waals surface area (Å²) < 4.78 is 66.7. The van der Waals surface area contributed by atoms with Gasteiger partial charge in [-0.2, -0.15) is 13.2 Å². The highest BCUT2D eigenvalue weighted by Gasteiger charge is 2.46. The Morgan fingerprint density at radius 1 is 1.00 bits per heavy atom. The lowest BCUT2D eigenvalue weighted by Gasteiger charge is -2.39. The zero-order chi connectivity index (χ0) is 27.4.